The van der Waals surface area contributed by atoms with Crippen LogP contribution in [0, 0.1) is 11.6 Å². The lowest BCUT2D eigenvalue weighted by Crippen LogP contribution is -2.12. The summed E-state index contributed by atoms with van der Waals surface area (Å²) in [5, 5.41) is 9.46. The summed E-state index contributed by atoms with van der Waals surface area (Å²) in [5.41, 5.74) is -0.370. The van der Waals surface area contributed by atoms with Crippen molar-refractivity contribution in [1.82, 2.24) is 0 Å². The minimum Gasteiger partial charge on any atom is -0.494 e. The lowest BCUT2D eigenvalue weighted by atomic mass is 10.0. The van der Waals surface area contributed by atoms with Gasteiger partial charge in [0.05, 0.1) is 7.11 Å². The standard InChI is InChI=1S/C11H12F2O3/c1-3-9(14)11(15)6-4-8(13)10(16-2)5-7(6)12/h4-5,11,15H,3H2,1-2H3. The first kappa shape index (κ1) is 12.6. The molecule has 1 atom stereocenters. The van der Waals surface area contributed by atoms with E-state index >= 15 is 0 Å². The van der Waals surface area contributed by atoms with Crippen LogP contribution in [-0.2, 0) is 4.79 Å². The number of hydrogen-bond acceptors (Lipinski definition) is 3. The topological polar surface area (TPSA) is 46.5 Å². The van der Waals surface area contributed by atoms with E-state index < -0.39 is 23.5 Å². The van der Waals surface area contributed by atoms with E-state index in [1.807, 2.05) is 0 Å². The van der Waals surface area contributed by atoms with Gasteiger partial charge >= 0.3 is 0 Å². The molecule has 0 aliphatic heterocycles. The van der Waals surface area contributed by atoms with Crippen LogP contribution in [-0.4, -0.2) is 18.0 Å². The highest BCUT2D eigenvalue weighted by atomic mass is 19.1. The Kier molecular flexibility index (Phi) is 3.95. The van der Waals surface area contributed by atoms with Crippen molar-refractivity contribution in [2.45, 2.75) is 19.4 Å². The predicted octanol–water partition coefficient (Wildman–Crippen LogP) is 1.99. The van der Waals surface area contributed by atoms with Crippen LogP contribution in [0.5, 0.6) is 5.75 Å². The third kappa shape index (κ3) is 2.36. The van der Waals surface area contributed by atoms with Crippen LogP contribution in [0.3, 0.4) is 0 Å². The van der Waals surface area contributed by atoms with Gasteiger partial charge in [0.15, 0.2) is 17.3 Å². The van der Waals surface area contributed by atoms with Gasteiger partial charge in [-0.3, -0.25) is 4.79 Å². The molecule has 0 amide bonds. The summed E-state index contributed by atoms with van der Waals surface area (Å²) < 4.78 is 31.2. The first-order valence-corrected chi connectivity index (χ1v) is 4.75. The zero-order valence-corrected chi connectivity index (χ0v) is 8.96. The first-order chi connectivity index (χ1) is 7.51. The molecule has 1 aromatic carbocycles. The smallest absolute Gasteiger partial charge is 0.165 e. The molecule has 0 saturated heterocycles. The monoisotopic (exact) mass is 230 g/mol. The molecule has 0 fully saturated rings. The number of halogens is 2. The number of Topliss-reactive ketones (excluding diaryl/α,β-unsaturated/α-hetero) is 1. The molecule has 0 aliphatic rings. The Hall–Kier alpha value is -1.49. The van der Waals surface area contributed by atoms with E-state index in [4.69, 9.17) is 0 Å². The third-order valence-corrected chi connectivity index (χ3v) is 2.22. The summed E-state index contributed by atoms with van der Waals surface area (Å²) in [7, 11) is 1.20. The van der Waals surface area contributed by atoms with E-state index in [0.29, 0.717) is 0 Å². The molecule has 0 aliphatic carbocycles. The molecule has 0 saturated carbocycles. The maximum atomic E-state index is 13.4. The molecule has 16 heavy (non-hydrogen) atoms. The van der Waals surface area contributed by atoms with Crippen LogP contribution in [0.1, 0.15) is 25.0 Å². The van der Waals surface area contributed by atoms with E-state index in [0.717, 1.165) is 12.1 Å². The summed E-state index contributed by atoms with van der Waals surface area (Å²) in [6.07, 6.45) is -1.58. The normalized spacial score (nSPS) is 12.3. The average Bonchev–Trinajstić information content (AvgIpc) is 2.29. The molecular weight excluding hydrogens is 218 g/mol. The summed E-state index contributed by atoms with van der Waals surface area (Å²) in [4.78, 5) is 11.2. The number of carbonyl (C=O) groups is 1. The Morgan fingerprint density at radius 2 is 2.06 bits per heavy atom. The highest BCUT2D eigenvalue weighted by molar-refractivity contribution is 5.83. The van der Waals surface area contributed by atoms with Crippen LogP contribution in [0.2, 0.25) is 0 Å². The molecular formula is C11H12F2O3. The van der Waals surface area contributed by atoms with E-state index in [9.17, 15) is 18.7 Å². The molecule has 1 aromatic rings. The van der Waals surface area contributed by atoms with Gasteiger partial charge in [0.1, 0.15) is 11.9 Å². The number of carbonyl (C=O) groups excluding carboxylic acids is 1. The van der Waals surface area contributed by atoms with Gasteiger partial charge in [0, 0.05) is 18.1 Å². The highest BCUT2D eigenvalue weighted by Crippen LogP contribution is 2.26. The maximum absolute atomic E-state index is 13.4. The number of benzene rings is 1. The minimum absolute atomic E-state index is 0.0499. The molecule has 3 nitrogen and oxygen atoms in total. The van der Waals surface area contributed by atoms with Gasteiger partial charge in [-0.25, -0.2) is 8.78 Å². The second kappa shape index (κ2) is 5.03. The van der Waals surface area contributed by atoms with Gasteiger partial charge in [-0.05, 0) is 6.07 Å². The third-order valence-electron chi connectivity index (χ3n) is 2.22. The quantitative estimate of drug-likeness (QED) is 0.860. The number of ether oxygens (including phenoxy) is 1. The van der Waals surface area contributed by atoms with E-state index in [1.54, 1.807) is 0 Å². The predicted molar refractivity (Wildman–Crippen MR) is 53.2 cm³/mol. The number of hydrogen-bond donors (Lipinski definition) is 1. The van der Waals surface area contributed by atoms with E-state index in [-0.39, 0.29) is 17.7 Å². The van der Waals surface area contributed by atoms with Crippen molar-refractivity contribution in [3.05, 3.63) is 29.3 Å². The number of ketones is 1. The molecule has 0 bridgehead atoms. The summed E-state index contributed by atoms with van der Waals surface area (Å²) in [6, 6.07) is 1.57. The molecule has 0 heterocycles. The number of rotatable bonds is 4. The van der Waals surface area contributed by atoms with Crippen LogP contribution in [0.4, 0.5) is 8.78 Å². The SMILES string of the molecule is CCC(=O)C(O)c1cc(F)c(OC)cc1F. The van der Waals surface area contributed by atoms with Gasteiger partial charge in [0.25, 0.3) is 0 Å². The fourth-order valence-electron chi connectivity index (χ4n) is 1.28. The van der Waals surface area contributed by atoms with Gasteiger partial charge in [-0.2, -0.15) is 0 Å². The van der Waals surface area contributed by atoms with Crippen molar-refractivity contribution in [2.24, 2.45) is 0 Å². The summed E-state index contributed by atoms with van der Waals surface area (Å²) in [5.74, 6) is -2.52. The van der Waals surface area contributed by atoms with Crippen molar-refractivity contribution < 1.29 is 23.4 Å². The van der Waals surface area contributed by atoms with Crippen LogP contribution < -0.4 is 4.74 Å². The molecule has 0 aromatic heterocycles. The molecule has 88 valence electrons. The van der Waals surface area contributed by atoms with E-state index in [2.05, 4.69) is 4.74 Å². The van der Waals surface area contributed by atoms with Gasteiger partial charge in [-0.1, -0.05) is 6.92 Å². The lowest BCUT2D eigenvalue weighted by molar-refractivity contribution is -0.127. The van der Waals surface area contributed by atoms with Crippen LogP contribution >= 0.6 is 0 Å². The van der Waals surface area contributed by atoms with Crippen LogP contribution in [0.15, 0.2) is 12.1 Å². The Balaban J connectivity index is 3.15. The molecule has 0 spiro atoms. The summed E-state index contributed by atoms with van der Waals surface area (Å²) >= 11 is 0. The van der Waals surface area contributed by atoms with Gasteiger partial charge in [-0.15, -0.1) is 0 Å². The molecule has 1 rings (SSSR count). The number of aliphatic hydroxyl groups excluding tert-OH is 1. The molecule has 1 unspecified atom stereocenters. The van der Waals surface area contributed by atoms with Crippen molar-refractivity contribution >= 4 is 5.78 Å². The highest BCUT2D eigenvalue weighted by Gasteiger charge is 2.21. The van der Waals surface area contributed by atoms with Crippen molar-refractivity contribution in [3.8, 4) is 5.75 Å². The van der Waals surface area contributed by atoms with Gasteiger partial charge < -0.3 is 9.84 Å². The second-order valence-electron chi connectivity index (χ2n) is 3.23. The fourth-order valence-corrected chi connectivity index (χ4v) is 1.28. The van der Waals surface area contributed by atoms with Crippen LogP contribution in [0.25, 0.3) is 0 Å². The Morgan fingerprint density at radius 3 is 2.56 bits per heavy atom. The number of methoxy groups -OCH3 is 1. The lowest BCUT2D eigenvalue weighted by Gasteiger charge is -2.11. The Bertz CT molecular complexity index is 404. The number of aliphatic hydroxyl groups is 1. The zero-order valence-electron chi connectivity index (χ0n) is 8.96. The molecule has 5 heteroatoms. The van der Waals surface area contributed by atoms with Crippen molar-refractivity contribution in [1.29, 1.82) is 0 Å². The van der Waals surface area contributed by atoms with Crippen molar-refractivity contribution in [3.63, 3.8) is 0 Å². The van der Waals surface area contributed by atoms with Crippen molar-refractivity contribution in [2.75, 3.05) is 7.11 Å². The maximum Gasteiger partial charge on any atom is 0.165 e. The van der Waals surface area contributed by atoms with Gasteiger partial charge in [0.2, 0.25) is 0 Å². The first-order valence-electron chi connectivity index (χ1n) is 4.75. The second-order valence-corrected chi connectivity index (χ2v) is 3.23. The summed E-state index contributed by atoms with van der Waals surface area (Å²) in [6.45, 7) is 1.53. The average molecular weight is 230 g/mol. The fraction of sp³-hybridized carbons (Fsp3) is 0.364. The molecule has 1 N–H and O–H groups in total. The Labute approximate surface area is 91.7 Å². The molecule has 0 radical (unpaired) electrons. The van der Waals surface area contributed by atoms with E-state index in [1.165, 1.54) is 14.0 Å². The Morgan fingerprint density at radius 1 is 1.44 bits per heavy atom. The zero-order chi connectivity index (χ0) is 12.3. The minimum atomic E-state index is -1.63. The largest absolute Gasteiger partial charge is 0.494 e.